The second kappa shape index (κ2) is 4.98. The Morgan fingerprint density at radius 1 is 1.54 bits per heavy atom. The van der Waals surface area contributed by atoms with Gasteiger partial charge in [0, 0.05) is 19.5 Å². The summed E-state index contributed by atoms with van der Waals surface area (Å²) in [6.07, 6.45) is 1.16. The largest absolute Gasteiger partial charge is 0.380 e. The molecule has 0 bridgehead atoms. The quantitative estimate of drug-likeness (QED) is 0.602. The van der Waals surface area contributed by atoms with Crippen molar-refractivity contribution < 1.29 is 14.2 Å². The topological polar surface area (TPSA) is 27.7 Å². The summed E-state index contributed by atoms with van der Waals surface area (Å²) < 4.78 is 16.0. The standard InChI is InChI=1S/C9H17BO3/c1-6(2)12-5-7-4-8(11-3)9(10)13-7/h6-9H,4-5H2,1-3H3/t7-,8+,9+/m0/s1. The minimum Gasteiger partial charge on any atom is -0.380 e. The minimum atomic E-state index is -0.300. The average molecular weight is 184 g/mol. The van der Waals surface area contributed by atoms with E-state index < -0.39 is 0 Å². The van der Waals surface area contributed by atoms with E-state index in [1.807, 2.05) is 13.8 Å². The Kier molecular flexibility index (Phi) is 4.23. The molecule has 0 saturated carbocycles. The van der Waals surface area contributed by atoms with Gasteiger partial charge in [0.2, 0.25) is 0 Å². The van der Waals surface area contributed by atoms with E-state index in [4.69, 9.17) is 22.1 Å². The highest BCUT2D eigenvalue weighted by Gasteiger charge is 2.31. The number of ether oxygens (including phenoxy) is 3. The third-order valence-electron chi connectivity index (χ3n) is 2.13. The predicted octanol–water partition coefficient (Wildman–Crippen LogP) is 0.710. The van der Waals surface area contributed by atoms with Gasteiger partial charge in [-0.1, -0.05) is 0 Å². The maximum absolute atomic E-state index is 5.68. The molecule has 4 heteroatoms. The van der Waals surface area contributed by atoms with E-state index in [1.165, 1.54) is 0 Å². The van der Waals surface area contributed by atoms with Crippen LogP contribution in [-0.4, -0.2) is 45.9 Å². The highest BCUT2D eigenvalue weighted by Crippen LogP contribution is 2.21. The highest BCUT2D eigenvalue weighted by atomic mass is 16.6. The molecule has 0 aliphatic carbocycles. The average Bonchev–Trinajstić information content (AvgIpc) is 2.43. The van der Waals surface area contributed by atoms with Gasteiger partial charge >= 0.3 is 0 Å². The maximum Gasteiger partial charge on any atom is 0.112 e. The first-order valence-corrected chi connectivity index (χ1v) is 4.69. The molecule has 0 aromatic heterocycles. The Morgan fingerprint density at radius 3 is 2.69 bits per heavy atom. The second-order valence-electron chi connectivity index (χ2n) is 3.61. The summed E-state index contributed by atoms with van der Waals surface area (Å²) >= 11 is 0. The third kappa shape index (κ3) is 3.29. The molecule has 3 nitrogen and oxygen atoms in total. The van der Waals surface area contributed by atoms with Crippen LogP contribution in [0.5, 0.6) is 0 Å². The van der Waals surface area contributed by atoms with Crippen LogP contribution in [0.3, 0.4) is 0 Å². The third-order valence-corrected chi connectivity index (χ3v) is 2.13. The van der Waals surface area contributed by atoms with Crippen LogP contribution in [0.25, 0.3) is 0 Å². The molecule has 1 saturated heterocycles. The molecule has 3 atom stereocenters. The molecule has 0 unspecified atom stereocenters. The van der Waals surface area contributed by atoms with Gasteiger partial charge in [0.05, 0.1) is 24.9 Å². The van der Waals surface area contributed by atoms with Gasteiger partial charge in [0.15, 0.2) is 0 Å². The molecule has 13 heavy (non-hydrogen) atoms. The minimum absolute atomic E-state index is 0.0146. The van der Waals surface area contributed by atoms with Gasteiger partial charge in [-0.15, -0.1) is 0 Å². The Morgan fingerprint density at radius 2 is 2.23 bits per heavy atom. The fourth-order valence-corrected chi connectivity index (χ4v) is 1.40. The van der Waals surface area contributed by atoms with Crippen molar-refractivity contribution in [1.82, 2.24) is 0 Å². The zero-order valence-corrected chi connectivity index (χ0v) is 8.53. The molecule has 0 aromatic rings. The van der Waals surface area contributed by atoms with Crippen molar-refractivity contribution in [3.05, 3.63) is 0 Å². The van der Waals surface area contributed by atoms with Crippen molar-refractivity contribution in [1.29, 1.82) is 0 Å². The lowest BCUT2D eigenvalue weighted by Gasteiger charge is -2.13. The van der Waals surface area contributed by atoms with E-state index >= 15 is 0 Å². The lowest BCUT2D eigenvalue weighted by molar-refractivity contribution is -0.0201. The molecule has 0 spiro atoms. The Bertz CT molecular complexity index is 152. The summed E-state index contributed by atoms with van der Waals surface area (Å²) in [5.74, 6) is 0. The number of hydrogen-bond donors (Lipinski definition) is 0. The molecule has 1 fully saturated rings. The summed E-state index contributed by atoms with van der Waals surface area (Å²) in [6.45, 7) is 4.61. The first kappa shape index (κ1) is 11.0. The van der Waals surface area contributed by atoms with E-state index in [9.17, 15) is 0 Å². The fourth-order valence-electron chi connectivity index (χ4n) is 1.40. The van der Waals surface area contributed by atoms with Crippen molar-refractivity contribution in [2.45, 2.75) is 44.6 Å². The fraction of sp³-hybridized carbons (Fsp3) is 1.00. The van der Waals surface area contributed by atoms with Crippen LogP contribution >= 0.6 is 0 Å². The predicted molar refractivity (Wildman–Crippen MR) is 50.9 cm³/mol. The Hall–Kier alpha value is -0.0551. The van der Waals surface area contributed by atoms with Gasteiger partial charge in [0.1, 0.15) is 7.85 Å². The summed E-state index contributed by atoms with van der Waals surface area (Å²) in [4.78, 5) is 0. The van der Waals surface area contributed by atoms with Crippen LogP contribution in [0.2, 0.25) is 0 Å². The van der Waals surface area contributed by atoms with Crippen molar-refractivity contribution >= 4 is 7.85 Å². The van der Waals surface area contributed by atoms with Gasteiger partial charge < -0.3 is 14.2 Å². The molecule has 1 heterocycles. The van der Waals surface area contributed by atoms with Gasteiger partial charge in [0.25, 0.3) is 0 Å². The first-order chi connectivity index (χ1) is 6.13. The Balaban J connectivity index is 2.23. The normalized spacial score (nSPS) is 34.3. The van der Waals surface area contributed by atoms with E-state index in [0.717, 1.165) is 6.42 Å². The van der Waals surface area contributed by atoms with Crippen LogP contribution in [0, 0.1) is 0 Å². The molecule has 0 N–H and O–H groups in total. The SMILES string of the molecule is [B][C@@H]1O[C@H](COC(C)C)C[C@H]1OC. The van der Waals surface area contributed by atoms with E-state index in [1.54, 1.807) is 7.11 Å². The van der Waals surface area contributed by atoms with E-state index in [0.29, 0.717) is 6.61 Å². The van der Waals surface area contributed by atoms with Gasteiger partial charge in [-0.2, -0.15) is 0 Å². The summed E-state index contributed by atoms with van der Waals surface area (Å²) in [5.41, 5.74) is 0. The molecule has 1 aliphatic heterocycles. The second-order valence-corrected chi connectivity index (χ2v) is 3.61. The van der Waals surface area contributed by atoms with Crippen LogP contribution < -0.4 is 0 Å². The number of rotatable bonds is 4. The molecule has 1 aliphatic rings. The van der Waals surface area contributed by atoms with E-state index in [-0.39, 0.29) is 24.3 Å². The van der Waals surface area contributed by atoms with Gasteiger partial charge in [-0.3, -0.25) is 0 Å². The number of hydrogen-bond acceptors (Lipinski definition) is 3. The molecule has 1 rings (SSSR count). The molecule has 0 aromatic carbocycles. The first-order valence-electron chi connectivity index (χ1n) is 4.69. The Labute approximate surface area is 81.1 Å². The van der Waals surface area contributed by atoms with Gasteiger partial charge in [-0.25, -0.2) is 0 Å². The smallest absolute Gasteiger partial charge is 0.112 e. The summed E-state index contributed by atoms with van der Waals surface area (Å²) in [6, 6.07) is -0.300. The summed E-state index contributed by atoms with van der Waals surface area (Å²) in [7, 11) is 7.34. The van der Waals surface area contributed by atoms with Crippen LogP contribution in [0.4, 0.5) is 0 Å². The summed E-state index contributed by atoms with van der Waals surface area (Å²) in [5, 5.41) is 0. The molecule has 2 radical (unpaired) electrons. The molecular formula is C9H17BO3. The molecule has 74 valence electrons. The van der Waals surface area contributed by atoms with Crippen LogP contribution in [0.1, 0.15) is 20.3 Å². The van der Waals surface area contributed by atoms with Crippen LogP contribution in [-0.2, 0) is 14.2 Å². The highest BCUT2D eigenvalue weighted by molar-refractivity contribution is 6.11. The zero-order valence-electron chi connectivity index (χ0n) is 8.53. The lowest BCUT2D eigenvalue weighted by Crippen LogP contribution is -2.22. The van der Waals surface area contributed by atoms with Crippen molar-refractivity contribution in [2.75, 3.05) is 13.7 Å². The monoisotopic (exact) mass is 184 g/mol. The van der Waals surface area contributed by atoms with Gasteiger partial charge in [-0.05, 0) is 13.8 Å². The lowest BCUT2D eigenvalue weighted by atomic mass is 9.94. The van der Waals surface area contributed by atoms with E-state index in [2.05, 4.69) is 0 Å². The molecular weight excluding hydrogens is 167 g/mol. The van der Waals surface area contributed by atoms with Crippen molar-refractivity contribution in [3.63, 3.8) is 0 Å². The van der Waals surface area contributed by atoms with Crippen molar-refractivity contribution in [3.8, 4) is 0 Å². The van der Waals surface area contributed by atoms with Crippen molar-refractivity contribution in [2.24, 2.45) is 0 Å². The maximum atomic E-state index is 5.68. The molecule has 0 amide bonds. The van der Waals surface area contributed by atoms with Crippen LogP contribution in [0.15, 0.2) is 0 Å². The zero-order chi connectivity index (χ0) is 9.84. The number of methoxy groups -OCH3 is 1.